The highest BCUT2D eigenvalue weighted by Crippen LogP contribution is 2.20. The number of hydrogen-bond donors (Lipinski definition) is 0. The molecule has 0 saturated carbocycles. The van der Waals surface area contributed by atoms with E-state index in [1.54, 1.807) is 11.9 Å². The molecule has 0 N–H and O–H groups in total. The predicted molar refractivity (Wildman–Crippen MR) is 45.0 cm³/mol. The Kier molecular flexibility index (Phi) is 1.43. The van der Waals surface area contributed by atoms with E-state index in [2.05, 4.69) is 5.10 Å². The standard InChI is InChI=1S/C8H11N3O/c1-6-5-7-10(2)8(12)3-4-11(7)9-6/h5H,3-4H2,1-2H3. The first kappa shape index (κ1) is 7.34. The van der Waals surface area contributed by atoms with Crippen LogP contribution in [0.5, 0.6) is 0 Å². The SMILES string of the molecule is Cc1cc2n(n1)CCC(=O)N2C. The van der Waals surface area contributed by atoms with E-state index in [9.17, 15) is 4.79 Å². The number of hydrogen-bond acceptors (Lipinski definition) is 2. The molecule has 0 radical (unpaired) electrons. The van der Waals surface area contributed by atoms with E-state index >= 15 is 0 Å². The molecule has 4 heteroatoms. The molecule has 4 nitrogen and oxygen atoms in total. The largest absolute Gasteiger partial charge is 0.300 e. The van der Waals surface area contributed by atoms with E-state index in [4.69, 9.17) is 0 Å². The van der Waals surface area contributed by atoms with Gasteiger partial charge < -0.3 is 4.90 Å². The molecule has 1 aromatic rings. The molecule has 1 amide bonds. The third-order valence-corrected chi connectivity index (χ3v) is 2.14. The van der Waals surface area contributed by atoms with Crippen LogP contribution in [0.1, 0.15) is 12.1 Å². The molecule has 1 aliphatic heterocycles. The number of fused-ring (bicyclic) bond motifs is 1. The van der Waals surface area contributed by atoms with Crippen LogP contribution >= 0.6 is 0 Å². The van der Waals surface area contributed by atoms with Gasteiger partial charge in [0.2, 0.25) is 5.91 Å². The number of rotatable bonds is 0. The molecule has 0 atom stereocenters. The van der Waals surface area contributed by atoms with Crippen LogP contribution in [-0.4, -0.2) is 22.7 Å². The highest BCUT2D eigenvalue weighted by molar-refractivity contribution is 5.93. The highest BCUT2D eigenvalue weighted by atomic mass is 16.2. The van der Waals surface area contributed by atoms with Crippen molar-refractivity contribution < 1.29 is 4.79 Å². The summed E-state index contributed by atoms with van der Waals surface area (Å²) in [6.45, 7) is 2.65. The van der Waals surface area contributed by atoms with Gasteiger partial charge in [-0.15, -0.1) is 0 Å². The lowest BCUT2D eigenvalue weighted by atomic mass is 10.3. The van der Waals surface area contributed by atoms with Crippen LogP contribution in [0.3, 0.4) is 0 Å². The first-order valence-electron chi connectivity index (χ1n) is 3.99. The quantitative estimate of drug-likeness (QED) is 0.563. The fourth-order valence-electron chi connectivity index (χ4n) is 1.46. The second kappa shape index (κ2) is 2.33. The van der Waals surface area contributed by atoms with Crippen molar-refractivity contribution in [3.05, 3.63) is 11.8 Å². The lowest BCUT2D eigenvalue weighted by Gasteiger charge is -2.22. The molecule has 0 aliphatic carbocycles. The number of amides is 1. The Labute approximate surface area is 70.8 Å². The number of aromatic nitrogens is 2. The maximum absolute atomic E-state index is 11.3. The van der Waals surface area contributed by atoms with Gasteiger partial charge in [0.1, 0.15) is 5.82 Å². The maximum atomic E-state index is 11.3. The summed E-state index contributed by atoms with van der Waals surface area (Å²) in [5, 5.41) is 4.26. The van der Waals surface area contributed by atoms with Crippen molar-refractivity contribution in [1.29, 1.82) is 0 Å². The molecule has 0 spiro atoms. The molecule has 64 valence electrons. The molecule has 0 fully saturated rings. The van der Waals surface area contributed by atoms with Crippen LogP contribution < -0.4 is 4.90 Å². The first-order chi connectivity index (χ1) is 5.68. The molecule has 0 aromatic carbocycles. The molecular formula is C8H11N3O. The monoisotopic (exact) mass is 165 g/mol. The number of aryl methyl sites for hydroxylation is 2. The molecule has 1 aromatic heterocycles. The smallest absolute Gasteiger partial charge is 0.229 e. The number of anilines is 1. The van der Waals surface area contributed by atoms with Gasteiger partial charge in [0, 0.05) is 19.5 Å². The minimum absolute atomic E-state index is 0.169. The Morgan fingerprint density at radius 1 is 1.58 bits per heavy atom. The van der Waals surface area contributed by atoms with Crippen molar-refractivity contribution in [2.45, 2.75) is 19.9 Å². The maximum Gasteiger partial charge on any atom is 0.229 e. The van der Waals surface area contributed by atoms with Crippen molar-refractivity contribution in [3.63, 3.8) is 0 Å². The van der Waals surface area contributed by atoms with Crippen molar-refractivity contribution in [2.24, 2.45) is 0 Å². The number of carbonyl (C=O) groups is 1. The molecule has 2 heterocycles. The lowest BCUT2D eigenvalue weighted by Crippen LogP contribution is -2.33. The van der Waals surface area contributed by atoms with Gasteiger partial charge in [0.05, 0.1) is 12.2 Å². The minimum Gasteiger partial charge on any atom is -0.300 e. The van der Waals surface area contributed by atoms with E-state index < -0.39 is 0 Å². The fraction of sp³-hybridized carbons (Fsp3) is 0.500. The average molecular weight is 165 g/mol. The van der Waals surface area contributed by atoms with Crippen LogP contribution in [0.4, 0.5) is 5.82 Å². The van der Waals surface area contributed by atoms with Crippen molar-refractivity contribution in [1.82, 2.24) is 9.78 Å². The van der Waals surface area contributed by atoms with Crippen LogP contribution in [-0.2, 0) is 11.3 Å². The van der Waals surface area contributed by atoms with Crippen LogP contribution in [0.15, 0.2) is 6.07 Å². The first-order valence-corrected chi connectivity index (χ1v) is 3.99. The van der Waals surface area contributed by atoms with Gasteiger partial charge in [-0.3, -0.25) is 4.79 Å². The fourth-order valence-corrected chi connectivity index (χ4v) is 1.46. The highest BCUT2D eigenvalue weighted by Gasteiger charge is 2.21. The van der Waals surface area contributed by atoms with Crippen molar-refractivity contribution in [2.75, 3.05) is 11.9 Å². The third-order valence-electron chi connectivity index (χ3n) is 2.14. The van der Waals surface area contributed by atoms with E-state index in [1.165, 1.54) is 0 Å². The van der Waals surface area contributed by atoms with Crippen LogP contribution in [0, 0.1) is 6.92 Å². The summed E-state index contributed by atoms with van der Waals surface area (Å²) in [6.07, 6.45) is 0.560. The average Bonchev–Trinajstić information content (AvgIpc) is 2.39. The van der Waals surface area contributed by atoms with Gasteiger partial charge in [-0.25, -0.2) is 4.68 Å². The minimum atomic E-state index is 0.169. The molecule has 2 rings (SSSR count). The lowest BCUT2D eigenvalue weighted by molar-refractivity contribution is -0.119. The van der Waals surface area contributed by atoms with Gasteiger partial charge >= 0.3 is 0 Å². The molecule has 0 saturated heterocycles. The van der Waals surface area contributed by atoms with Crippen LogP contribution in [0.2, 0.25) is 0 Å². The topological polar surface area (TPSA) is 38.1 Å². The predicted octanol–water partition coefficient (Wildman–Crippen LogP) is 0.558. The Balaban J connectivity index is 2.48. The van der Waals surface area contributed by atoms with E-state index in [0.717, 1.165) is 11.5 Å². The molecular weight excluding hydrogens is 154 g/mol. The Morgan fingerprint density at radius 3 is 3.08 bits per heavy atom. The Hall–Kier alpha value is -1.32. The van der Waals surface area contributed by atoms with E-state index in [-0.39, 0.29) is 5.91 Å². The second-order valence-electron chi connectivity index (χ2n) is 3.07. The summed E-state index contributed by atoms with van der Waals surface area (Å²) in [7, 11) is 1.79. The zero-order chi connectivity index (χ0) is 8.72. The van der Waals surface area contributed by atoms with Crippen molar-refractivity contribution >= 4 is 11.7 Å². The Bertz CT molecular complexity index is 329. The third kappa shape index (κ3) is 0.913. The zero-order valence-electron chi connectivity index (χ0n) is 7.24. The summed E-state index contributed by atoms with van der Waals surface area (Å²) in [4.78, 5) is 12.9. The summed E-state index contributed by atoms with van der Waals surface area (Å²) in [5.41, 5.74) is 0.964. The van der Waals surface area contributed by atoms with Crippen LogP contribution in [0.25, 0.3) is 0 Å². The summed E-state index contributed by atoms with van der Waals surface area (Å²) in [6, 6.07) is 1.93. The van der Waals surface area contributed by atoms with Gasteiger partial charge in [-0.1, -0.05) is 0 Å². The van der Waals surface area contributed by atoms with E-state index in [0.29, 0.717) is 13.0 Å². The van der Waals surface area contributed by atoms with E-state index in [1.807, 2.05) is 17.7 Å². The normalized spacial score (nSPS) is 16.5. The van der Waals surface area contributed by atoms with Gasteiger partial charge in [-0.2, -0.15) is 5.10 Å². The summed E-state index contributed by atoms with van der Waals surface area (Å²) < 4.78 is 1.87. The Morgan fingerprint density at radius 2 is 2.33 bits per heavy atom. The van der Waals surface area contributed by atoms with Gasteiger partial charge in [0.15, 0.2) is 0 Å². The zero-order valence-corrected chi connectivity index (χ0v) is 7.24. The molecule has 12 heavy (non-hydrogen) atoms. The number of nitrogens with zero attached hydrogens (tertiary/aromatic N) is 3. The van der Waals surface area contributed by atoms with Gasteiger partial charge in [0.25, 0.3) is 0 Å². The number of carbonyl (C=O) groups excluding carboxylic acids is 1. The van der Waals surface area contributed by atoms with Crippen molar-refractivity contribution in [3.8, 4) is 0 Å². The van der Waals surface area contributed by atoms with Gasteiger partial charge in [-0.05, 0) is 6.92 Å². The summed E-state index contributed by atoms with van der Waals surface area (Å²) >= 11 is 0. The molecule has 0 bridgehead atoms. The second-order valence-corrected chi connectivity index (χ2v) is 3.07. The molecule has 1 aliphatic rings. The molecule has 0 unspecified atom stereocenters. The summed E-state index contributed by atoms with van der Waals surface area (Å²) in [5.74, 6) is 1.08.